The number of amides is 1. The standard InChI is InChI=1S/C41H49N3O9S/c1-26-15-17-31-33(22-26)52-35(43(31)20-10-8-9-14-37(45)46)12-11-13-36-44(32-18-16-28(54(49,50)51)25-34(32)53-36)21-19-42-39(48)27-23-29(40(2,3)4)38(47)30(24-27)41(5,6)7/h11-13,15-18,22-25H,8-10,14,19-21H2,1-7H3,(H3-,42,45,46,47,48,49,50,51)/p+1. The van der Waals surface area contributed by atoms with Gasteiger partial charge >= 0.3 is 11.9 Å². The molecule has 3 aromatic carbocycles. The number of carboxylic acids is 1. The van der Waals surface area contributed by atoms with Gasteiger partial charge in [0, 0.05) is 54.8 Å². The third-order valence-corrected chi connectivity index (χ3v) is 10.1. The molecule has 0 bridgehead atoms. The van der Waals surface area contributed by atoms with E-state index in [-0.39, 0.29) is 41.8 Å². The number of hydrogen-bond acceptors (Lipinski definition) is 8. The fourth-order valence-corrected chi connectivity index (χ4v) is 6.89. The Hall–Kier alpha value is -5.14. The van der Waals surface area contributed by atoms with E-state index in [9.17, 15) is 27.7 Å². The number of benzene rings is 3. The normalized spacial score (nSPS) is 14.2. The van der Waals surface area contributed by atoms with Crippen molar-refractivity contribution in [1.29, 1.82) is 0 Å². The summed E-state index contributed by atoms with van der Waals surface area (Å²) in [5, 5.41) is 23.1. The third-order valence-electron chi connectivity index (χ3n) is 9.25. The number of nitrogens with zero attached hydrogens (tertiary/aromatic N) is 2. The number of carbonyl (C=O) groups is 2. The van der Waals surface area contributed by atoms with E-state index < -0.39 is 26.9 Å². The zero-order valence-corrected chi connectivity index (χ0v) is 32.7. The summed E-state index contributed by atoms with van der Waals surface area (Å²) in [6.07, 6.45) is 7.46. The Morgan fingerprint density at radius 2 is 1.63 bits per heavy atom. The third kappa shape index (κ3) is 9.31. The van der Waals surface area contributed by atoms with Gasteiger partial charge in [0.1, 0.15) is 5.75 Å². The molecule has 0 radical (unpaired) electrons. The first-order chi connectivity index (χ1) is 25.2. The molecule has 0 saturated heterocycles. The first-order valence-corrected chi connectivity index (χ1v) is 19.4. The number of phenolic OH excluding ortho intramolecular Hbond substituents is 1. The number of aliphatic carboxylic acids is 1. The predicted molar refractivity (Wildman–Crippen MR) is 206 cm³/mol. The quantitative estimate of drug-likeness (QED) is 0.0612. The lowest BCUT2D eigenvalue weighted by atomic mass is 9.78. The summed E-state index contributed by atoms with van der Waals surface area (Å²) in [6.45, 7) is 14.9. The number of allylic oxidation sites excluding steroid dienone is 2. The minimum absolute atomic E-state index is 0.123. The Labute approximate surface area is 316 Å². The molecule has 1 aliphatic rings. The Morgan fingerprint density at radius 3 is 2.26 bits per heavy atom. The van der Waals surface area contributed by atoms with Crippen LogP contribution in [0.15, 0.2) is 75.9 Å². The number of nitrogens with one attached hydrogen (secondary N) is 1. The molecule has 54 heavy (non-hydrogen) atoms. The number of ether oxygens (including phenoxy) is 1. The highest BCUT2D eigenvalue weighted by atomic mass is 32.2. The van der Waals surface area contributed by atoms with Gasteiger partial charge in [0.2, 0.25) is 11.5 Å². The van der Waals surface area contributed by atoms with Gasteiger partial charge in [0.05, 0.1) is 16.7 Å². The van der Waals surface area contributed by atoms with Crippen LogP contribution in [0.5, 0.6) is 11.5 Å². The molecule has 1 aromatic heterocycles. The SMILES string of the molecule is Cc1ccc2c(c1)oc(/C=C/C=C1\Oc3cc(S(=O)(=O)O)ccc3N1CCNC(=O)c1cc(C(C)(C)C)c(O)c(C(C)(C)C)c1)[n+]2CCCCCC(=O)O. The van der Waals surface area contributed by atoms with Crippen molar-refractivity contribution < 1.29 is 46.5 Å². The van der Waals surface area contributed by atoms with Gasteiger partial charge in [0.15, 0.2) is 12.3 Å². The zero-order chi connectivity index (χ0) is 39.6. The highest BCUT2D eigenvalue weighted by molar-refractivity contribution is 7.85. The van der Waals surface area contributed by atoms with Gasteiger partial charge in [-0.3, -0.25) is 14.1 Å². The van der Waals surface area contributed by atoms with Crippen LogP contribution in [0.4, 0.5) is 5.69 Å². The van der Waals surface area contributed by atoms with Crippen LogP contribution in [-0.4, -0.2) is 48.1 Å². The van der Waals surface area contributed by atoms with Gasteiger partial charge < -0.3 is 29.6 Å². The molecular formula is C41H50N3O9S+. The Bertz CT molecular complexity index is 2200. The van der Waals surface area contributed by atoms with Crippen LogP contribution in [0, 0.1) is 6.92 Å². The maximum atomic E-state index is 13.6. The summed E-state index contributed by atoms with van der Waals surface area (Å²) in [6, 6.07) is 13.5. The number of carboxylic acid groups (broad SMARTS) is 1. The fourth-order valence-electron chi connectivity index (χ4n) is 6.40. The molecule has 12 nitrogen and oxygen atoms in total. The first-order valence-electron chi connectivity index (χ1n) is 18.0. The summed E-state index contributed by atoms with van der Waals surface area (Å²) in [5.74, 6) is 0.202. The number of rotatable bonds is 13. The van der Waals surface area contributed by atoms with Crippen molar-refractivity contribution in [1.82, 2.24) is 5.32 Å². The van der Waals surface area contributed by atoms with Crippen molar-refractivity contribution in [3.8, 4) is 11.5 Å². The van der Waals surface area contributed by atoms with Gasteiger partial charge in [-0.1, -0.05) is 47.6 Å². The summed E-state index contributed by atoms with van der Waals surface area (Å²) in [7, 11) is -4.49. The predicted octanol–water partition coefficient (Wildman–Crippen LogP) is 7.40. The van der Waals surface area contributed by atoms with Crippen molar-refractivity contribution in [3.63, 3.8) is 0 Å². The van der Waals surface area contributed by atoms with Crippen LogP contribution in [0.2, 0.25) is 0 Å². The summed E-state index contributed by atoms with van der Waals surface area (Å²) >= 11 is 0. The van der Waals surface area contributed by atoms with Crippen molar-refractivity contribution >= 4 is 44.9 Å². The molecule has 1 amide bonds. The second-order valence-electron chi connectivity index (χ2n) is 15.7. The van der Waals surface area contributed by atoms with Gasteiger partial charge in [-0.15, -0.1) is 0 Å². The second kappa shape index (κ2) is 15.7. The molecule has 0 atom stereocenters. The van der Waals surface area contributed by atoms with Crippen molar-refractivity contribution in [2.45, 2.75) is 96.4 Å². The first kappa shape index (κ1) is 40.1. The highest BCUT2D eigenvalue weighted by Gasteiger charge is 2.30. The molecule has 0 spiro atoms. The van der Waals surface area contributed by atoms with E-state index in [1.54, 1.807) is 35.3 Å². The average Bonchev–Trinajstić information content (AvgIpc) is 3.59. The monoisotopic (exact) mass is 760 g/mol. The van der Waals surface area contributed by atoms with Gasteiger partial charge in [0.25, 0.3) is 21.5 Å². The molecule has 5 rings (SSSR count). The molecule has 4 N–H and O–H groups in total. The minimum Gasteiger partial charge on any atom is -0.507 e. The number of hydrogen-bond donors (Lipinski definition) is 4. The van der Waals surface area contributed by atoms with E-state index >= 15 is 0 Å². The summed E-state index contributed by atoms with van der Waals surface area (Å²) in [5.41, 5.74) is 4.16. The van der Waals surface area contributed by atoms with Gasteiger partial charge in [-0.2, -0.15) is 13.0 Å². The lowest BCUT2D eigenvalue weighted by Gasteiger charge is -2.28. The van der Waals surface area contributed by atoms with Crippen molar-refractivity contribution in [2.24, 2.45) is 0 Å². The average molecular weight is 761 g/mol. The van der Waals surface area contributed by atoms with Crippen LogP contribution in [0.3, 0.4) is 0 Å². The molecule has 0 saturated carbocycles. The van der Waals surface area contributed by atoms with E-state index in [2.05, 4.69) is 5.32 Å². The summed E-state index contributed by atoms with van der Waals surface area (Å²) in [4.78, 5) is 26.0. The molecular weight excluding hydrogens is 711 g/mol. The van der Waals surface area contributed by atoms with E-state index in [4.69, 9.17) is 14.3 Å². The van der Waals surface area contributed by atoms with Crippen LogP contribution in [0.25, 0.3) is 17.2 Å². The summed E-state index contributed by atoms with van der Waals surface area (Å²) < 4.78 is 47.9. The molecule has 13 heteroatoms. The molecule has 2 heterocycles. The van der Waals surface area contributed by atoms with Crippen LogP contribution < -0.4 is 19.5 Å². The maximum absolute atomic E-state index is 13.6. The largest absolute Gasteiger partial charge is 0.507 e. The van der Waals surface area contributed by atoms with E-state index in [0.717, 1.165) is 23.9 Å². The maximum Gasteiger partial charge on any atom is 0.374 e. The number of phenols is 1. The number of unbranched alkanes of at least 4 members (excludes halogenated alkanes) is 2. The number of anilines is 1. The Kier molecular flexibility index (Phi) is 11.6. The smallest absolute Gasteiger partial charge is 0.374 e. The molecule has 0 unspecified atom stereocenters. The fraction of sp³-hybridized carbons (Fsp3) is 0.390. The molecule has 288 valence electrons. The van der Waals surface area contributed by atoms with Crippen molar-refractivity contribution in [2.75, 3.05) is 18.0 Å². The van der Waals surface area contributed by atoms with Gasteiger partial charge in [-0.05, 0) is 78.6 Å². The molecule has 0 aliphatic carbocycles. The van der Waals surface area contributed by atoms with Crippen molar-refractivity contribution in [3.05, 3.63) is 94.7 Å². The molecule has 4 aromatic rings. The van der Waals surface area contributed by atoms with Crippen LogP contribution in [-0.2, 0) is 32.3 Å². The van der Waals surface area contributed by atoms with E-state index in [1.807, 2.05) is 71.2 Å². The number of aromatic hydroxyl groups is 1. The number of fused-ring (bicyclic) bond motifs is 2. The number of carbonyl (C=O) groups excluding carboxylic acids is 1. The van der Waals surface area contributed by atoms with Crippen LogP contribution >= 0.6 is 0 Å². The minimum atomic E-state index is -4.49. The number of aryl methyl sites for hydroxylation is 2. The molecule has 1 aliphatic heterocycles. The number of oxazole rings is 1. The number of aromatic nitrogens is 1. The van der Waals surface area contributed by atoms with Crippen LogP contribution in [0.1, 0.15) is 100 Å². The van der Waals surface area contributed by atoms with E-state index in [0.29, 0.717) is 52.7 Å². The Balaban J connectivity index is 1.41. The lowest BCUT2D eigenvalue weighted by molar-refractivity contribution is -0.678. The lowest BCUT2D eigenvalue weighted by Crippen LogP contribution is -2.35. The Morgan fingerprint density at radius 1 is 0.944 bits per heavy atom. The zero-order valence-electron chi connectivity index (χ0n) is 31.9. The molecule has 0 fully saturated rings. The topological polar surface area (TPSA) is 170 Å². The highest BCUT2D eigenvalue weighted by Crippen LogP contribution is 2.41. The van der Waals surface area contributed by atoms with E-state index in [1.165, 1.54) is 18.2 Å². The second-order valence-corrected chi connectivity index (χ2v) is 17.1. The van der Waals surface area contributed by atoms with Gasteiger partial charge in [-0.25, -0.2) is 0 Å².